The fourth-order valence-corrected chi connectivity index (χ4v) is 5.75. The summed E-state index contributed by atoms with van der Waals surface area (Å²) in [5, 5.41) is 0. The summed E-state index contributed by atoms with van der Waals surface area (Å²) in [5.41, 5.74) is 1.62. The number of amides is 2. The molecule has 1 aromatic rings. The van der Waals surface area contributed by atoms with E-state index in [1.54, 1.807) is 7.11 Å². The lowest BCUT2D eigenvalue weighted by Gasteiger charge is -2.54. The Kier molecular flexibility index (Phi) is 4.60. The second kappa shape index (κ2) is 7.03. The van der Waals surface area contributed by atoms with Gasteiger partial charge < -0.3 is 14.5 Å². The molecule has 5 heteroatoms. The van der Waals surface area contributed by atoms with E-state index in [0.717, 1.165) is 63.2 Å². The molecule has 4 aliphatic rings. The quantitative estimate of drug-likeness (QED) is 0.782. The Morgan fingerprint density at radius 2 is 1.48 bits per heavy atom. The van der Waals surface area contributed by atoms with Crippen molar-refractivity contribution in [2.75, 3.05) is 33.3 Å². The van der Waals surface area contributed by atoms with E-state index >= 15 is 0 Å². The van der Waals surface area contributed by atoms with Crippen LogP contribution in [0.4, 0.5) is 0 Å². The second-order valence-electron chi connectivity index (χ2n) is 9.99. The molecule has 29 heavy (non-hydrogen) atoms. The number of methoxy groups -OCH3 is 1. The predicted molar refractivity (Wildman–Crippen MR) is 111 cm³/mol. The zero-order chi connectivity index (χ0) is 20.1. The first-order valence-corrected chi connectivity index (χ1v) is 11.2. The van der Waals surface area contributed by atoms with Gasteiger partial charge in [0.25, 0.3) is 5.91 Å². The van der Waals surface area contributed by atoms with Crippen LogP contribution in [-0.4, -0.2) is 54.9 Å². The van der Waals surface area contributed by atoms with Gasteiger partial charge in [0, 0.05) is 43.1 Å². The highest BCUT2D eigenvalue weighted by Gasteiger charge is 2.50. The van der Waals surface area contributed by atoms with Gasteiger partial charge in [0.05, 0.1) is 7.11 Å². The van der Waals surface area contributed by atoms with E-state index in [-0.39, 0.29) is 17.2 Å². The fraction of sp³-hybridized carbons (Fsp3) is 0.667. The molecule has 0 unspecified atom stereocenters. The van der Waals surface area contributed by atoms with Crippen LogP contribution in [0.5, 0.6) is 5.75 Å². The molecule has 2 amide bonds. The molecule has 2 spiro atoms. The van der Waals surface area contributed by atoms with Crippen molar-refractivity contribution < 1.29 is 14.3 Å². The second-order valence-corrected chi connectivity index (χ2v) is 9.99. The molecule has 2 aliphatic carbocycles. The zero-order valence-corrected chi connectivity index (χ0v) is 17.5. The largest absolute Gasteiger partial charge is 0.497 e. The minimum atomic E-state index is 0.103. The summed E-state index contributed by atoms with van der Waals surface area (Å²) in [5.74, 6) is 1.55. The third-order valence-corrected chi connectivity index (χ3v) is 8.17. The Bertz CT molecular complexity index is 773. The summed E-state index contributed by atoms with van der Waals surface area (Å²) in [7, 11) is 1.63. The lowest BCUT2D eigenvalue weighted by atomic mass is 9.70. The van der Waals surface area contributed by atoms with E-state index in [1.165, 1.54) is 25.7 Å². The van der Waals surface area contributed by atoms with Crippen molar-refractivity contribution in [1.82, 2.24) is 9.80 Å². The maximum absolute atomic E-state index is 12.9. The van der Waals surface area contributed by atoms with Crippen molar-refractivity contribution in [2.24, 2.45) is 16.7 Å². The van der Waals surface area contributed by atoms with E-state index in [2.05, 4.69) is 4.90 Å². The molecule has 2 saturated heterocycles. The molecular formula is C24H32N2O3. The van der Waals surface area contributed by atoms with Crippen molar-refractivity contribution in [2.45, 2.75) is 51.4 Å². The van der Waals surface area contributed by atoms with Gasteiger partial charge in [0.1, 0.15) is 5.75 Å². The first-order valence-electron chi connectivity index (χ1n) is 11.2. The van der Waals surface area contributed by atoms with Crippen LogP contribution in [0.2, 0.25) is 0 Å². The Labute approximate surface area is 173 Å². The lowest BCUT2D eigenvalue weighted by molar-refractivity contribution is -0.152. The van der Waals surface area contributed by atoms with Crippen molar-refractivity contribution in [3.05, 3.63) is 29.8 Å². The number of nitrogens with zero attached hydrogens (tertiary/aromatic N) is 2. The van der Waals surface area contributed by atoms with Crippen LogP contribution in [0.15, 0.2) is 24.3 Å². The first-order chi connectivity index (χ1) is 14.0. The van der Waals surface area contributed by atoms with Crippen LogP contribution in [0.1, 0.15) is 61.7 Å². The van der Waals surface area contributed by atoms with Gasteiger partial charge >= 0.3 is 0 Å². The molecule has 5 rings (SSSR count). The van der Waals surface area contributed by atoms with Gasteiger partial charge in [-0.2, -0.15) is 0 Å². The predicted octanol–water partition coefficient (Wildman–Crippen LogP) is 3.73. The average Bonchev–Trinajstić information content (AvgIpc) is 3.50. The van der Waals surface area contributed by atoms with Crippen molar-refractivity contribution in [3.63, 3.8) is 0 Å². The number of hydrogen-bond acceptors (Lipinski definition) is 3. The summed E-state index contributed by atoms with van der Waals surface area (Å²) < 4.78 is 5.17. The number of piperidine rings is 1. The highest BCUT2D eigenvalue weighted by atomic mass is 16.5. The van der Waals surface area contributed by atoms with Gasteiger partial charge in [0.15, 0.2) is 0 Å². The molecule has 4 fully saturated rings. The first kappa shape index (κ1) is 19.0. The number of carbonyl (C=O) groups excluding carboxylic acids is 2. The van der Waals surface area contributed by atoms with Crippen LogP contribution in [-0.2, 0) is 4.79 Å². The molecule has 5 nitrogen and oxygen atoms in total. The van der Waals surface area contributed by atoms with E-state index in [1.807, 2.05) is 29.2 Å². The maximum Gasteiger partial charge on any atom is 0.253 e. The SMILES string of the molecule is COc1ccc(C(=O)N2CCC3(CC2)CN(C(=O)C2CCC4(CC2)CC4)C3)cc1. The number of hydrogen-bond donors (Lipinski definition) is 0. The standard InChI is InChI=1S/C24H32N2O3/c1-29-20-4-2-18(3-5-20)21(27)25-14-12-24(13-15-25)16-26(17-24)22(28)19-6-8-23(9-7-19)10-11-23/h2-5,19H,6-17H2,1H3. The zero-order valence-electron chi connectivity index (χ0n) is 17.5. The Hall–Kier alpha value is -2.04. The van der Waals surface area contributed by atoms with Gasteiger partial charge in [0.2, 0.25) is 5.91 Å². The topological polar surface area (TPSA) is 49.9 Å². The Morgan fingerprint density at radius 1 is 0.862 bits per heavy atom. The number of ether oxygens (including phenoxy) is 1. The molecule has 2 saturated carbocycles. The smallest absolute Gasteiger partial charge is 0.253 e. The van der Waals surface area contributed by atoms with Gasteiger partial charge in [-0.25, -0.2) is 0 Å². The van der Waals surface area contributed by atoms with Crippen LogP contribution in [0, 0.1) is 16.7 Å². The van der Waals surface area contributed by atoms with Crippen molar-refractivity contribution >= 4 is 11.8 Å². The molecule has 1 aromatic carbocycles. The molecular weight excluding hydrogens is 364 g/mol. The van der Waals surface area contributed by atoms with Gasteiger partial charge in [-0.3, -0.25) is 9.59 Å². The monoisotopic (exact) mass is 396 g/mol. The lowest BCUT2D eigenvalue weighted by Crippen LogP contribution is -2.63. The van der Waals surface area contributed by atoms with Gasteiger partial charge in [-0.15, -0.1) is 0 Å². The third-order valence-electron chi connectivity index (χ3n) is 8.17. The summed E-state index contributed by atoms with van der Waals surface area (Å²) >= 11 is 0. The van der Waals surface area contributed by atoms with Crippen molar-refractivity contribution in [1.29, 1.82) is 0 Å². The Balaban J connectivity index is 1.10. The molecule has 2 aliphatic heterocycles. The van der Waals surface area contributed by atoms with Crippen molar-refractivity contribution in [3.8, 4) is 5.75 Å². The van der Waals surface area contributed by atoms with E-state index < -0.39 is 0 Å². The van der Waals surface area contributed by atoms with E-state index in [4.69, 9.17) is 4.74 Å². The van der Waals surface area contributed by atoms with Crippen LogP contribution in [0.25, 0.3) is 0 Å². The molecule has 0 radical (unpaired) electrons. The molecule has 0 aromatic heterocycles. The summed E-state index contributed by atoms with van der Waals surface area (Å²) in [6.45, 7) is 3.38. The third kappa shape index (κ3) is 3.53. The minimum Gasteiger partial charge on any atom is -0.497 e. The molecule has 2 heterocycles. The molecule has 0 atom stereocenters. The van der Waals surface area contributed by atoms with Crippen LogP contribution >= 0.6 is 0 Å². The fourth-order valence-electron chi connectivity index (χ4n) is 5.75. The molecule has 156 valence electrons. The van der Waals surface area contributed by atoms with Gasteiger partial charge in [-0.05, 0) is 81.0 Å². The maximum atomic E-state index is 12.9. The number of carbonyl (C=O) groups is 2. The van der Waals surface area contributed by atoms with Crippen LogP contribution < -0.4 is 4.74 Å². The summed E-state index contributed by atoms with van der Waals surface area (Å²) in [6, 6.07) is 7.35. The highest BCUT2D eigenvalue weighted by molar-refractivity contribution is 5.94. The van der Waals surface area contributed by atoms with Gasteiger partial charge in [-0.1, -0.05) is 0 Å². The van der Waals surface area contributed by atoms with Crippen LogP contribution in [0.3, 0.4) is 0 Å². The molecule has 0 N–H and O–H groups in total. The molecule has 0 bridgehead atoms. The van der Waals surface area contributed by atoms with E-state index in [0.29, 0.717) is 11.3 Å². The van der Waals surface area contributed by atoms with E-state index in [9.17, 15) is 9.59 Å². The number of rotatable bonds is 3. The average molecular weight is 397 g/mol. The highest BCUT2D eigenvalue weighted by Crippen LogP contribution is 2.57. The number of likely N-dealkylation sites (tertiary alicyclic amines) is 2. The minimum absolute atomic E-state index is 0.103. The summed E-state index contributed by atoms with van der Waals surface area (Å²) in [6.07, 6.45) is 9.55. The normalized spacial score (nSPS) is 25.0. The summed E-state index contributed by atoms with van der Waals surface area (Å²) in [4.78, 5) is 29.7. The Morgan fingerprint density at radius 3 is 2.03 bits per heavy atom. The number of benzene rings is 1.